The molecule has 0 spiro atoms. The number of rotatable bonds is 8. The van der Waals surface area contributed by atoms with Gasteiger partial charge in [0.1, 0.15) is 0 Å². The van der Waals surface area contributed by atoms with E-state index in [0.717, 1.165) is 12.8 Å². The molecule has 0 fully saturated rings. The third-order valence-electron chi connectivity index (χ3n) is 3.16. The van der Waals surface area contributed by atoms with Gasteiger partial charge in [0.05, 0.1) is 12.7 Å². The Morgan fingerprint density at radius 1 is 1.22 bits per heavy atom. The minimum absolute atomic E-state index is 0.143. The monoisotopic (exact) mass is 268 g/mol. The number of hydrogen-bond donors (Lipinski definition) is 2. The summed E-state index contributed by atoms with van der Waals surface area (Å²) in [5.41, 5.74) is 1.40. The van der Waals surface area contributed by atoms with E-state index in [0.29, 0.717) is 16.9 Å². The lowest BCUT2D eigenvalue weighted by atomic mass is 9.92. The Balaban J connectivity index is 2.43. The molecule has 102 valence electrons. The summed E-state index contributed by atoms with van der Waals surface area (Å²) < 4.78 is 0. The third-order valence-corrected chi connectivity index (χ3v) is 4.50. The van der Waals surface area contributed by atoms with Gasteiger partial charge in [-0.25, -0.2) is 0 Å². The topological polar surface area (TPSA) is 40.5 Å². The molecular formula is C15H24O2S. The van der Waals surface area contributed by atoms with Gasteiger partial charge in [0.25, 0.3) is 0 Å². The lowest BCUT2D eigenvalue weighted by molar-refractivity contribution is 0.113. The fourth-order valence-corrected chi connectivity index (χ4v) is 3.08. The average molecular weight is 268 g/mol. The highest BCUT2D eigenvalue weighted by Gasteiger charge is 2.15. The lowest BCUT2D eigenvalue weighted by Crippen LogP contribution is -2.17. The zero-order valence-corrected chi connectivity index (χ0v) is 12.1. The minimum Gasteiger partial charge on any atom is -0.394 e. The van der Waals surface area contributed by atoms with E-state index in [4.69, 9.17) is 5.11 Å². The second kappa shape index (κ2) is 8.57. The molecular weight excluding hydrogens is 244 g/mol. The van der Waals surface area contributed by atoms with Gasteiger partial charge in [0.15, 0.2) is 0 Å². The van der Waals surface area contributed by atoms with Gasteiger partial charge >= 0.3 is 0 Å². The Hall–Kier alpha value is -0.510. The van der Waals surface area contributed by atoms with Crippen molar-refractivity contribution in [1.29, 1.82) is 0 Å². The van der Waals surface area contributed by atoms with E-state index in [1.165, 1.54) is 5.56 Å². The fraction of sp³-hybridized carbons (Fsp3) is 0.600. The van der Waals surface area contributed by atoms with Gasteiger partial charge in [0, 0.05) is 11.0 Å². The molecule has 1 aromatic carbocycles. The maximum absolute atomic E-state index is 9.34. The van der Waals surface area contributed by atoms with Crippen LogP contribution in [0.15, 0.2) is 30.3 Å². The SMILES string of the molecule is CCC(CC(C)SCC(O)CO)c1ccccc1. The summed E-state index contributed by atoms with van der Waals surface area (Å²) in [5, 5.41) is 18.6. The van der Waals surface area contributed by atoms with Crippen LogP contribution in [-0.2, 0) is 0 Å². The van der Waals surface area contributed by atoms with Gasteiger partial charge in [-0.15, -0.1) is 0 Å². The first kappa shape index (κ1) is 15.5. The smallest absolute Gasteiger partial charge is 0.0861 e. The number of aliphatic hydroxyl groups is 2. The largest absolute Gasteiger partial charge is 0.394 e. The zero-order valence-electron chi connectivity index (χ0n) is 11.2. The van der Waals surface area contributed by atoms with Crippen LogP contribution in [0, 0.1) is 0 Å². The average Bonchev–Trinajstić information content (AvgIpc) is 2.43. The van der Waals surface area contributed by atoms with Crippen molar-refractivity contribution < 1.29 is 10.2 Å². The van der Waals surface area contributed by atoms with Crippen molar-refractivity contribution in [3.63, 3.8) is 0 Å². The molecule has 0 saturated carbocycles. The van der Waals surface area contributed by atoms with Gasteiger partial charge in [-0.3, -0.25) is 0 Å². The van der Waals surface area contributed by atoms with Crippen molar-refractivity contribution >= 4 is 11.8 Å². The second-order valence-electron chi connectivity index (χ2n) is 4.73. The fourth-order valence-electron chi connectivity index (χ4n) is 2.06. The Labute approximate surface area is 114 Å². The van der Waals surface area contributed by atoms with E-state index in [9.17, 15) is 5.11 Å². The van der Waals surface area contributed by atoms with Gasteiger partial charge in [0.2, 0.25) is 0 Å². The summed E-state index contributed by atoms with van der Waals surface area (Å²) in [6.45, 7) is 4.27. The first-order valence-electron chi connectivity index (χ1n) is 6.62. The number of thioether (sulfide) groups is 1. The Morgan fingerprint density at radius 3 is 2.44 bits per heavy atom. The second-order valence-corrected chi connectivity index (χ2v) is 6.20. The van der Waals surface area contributed by atoms with Crippen molar-refractivity contribution in [2.75, 3.05) is 12.4 Å². The van der Waals surface area contributed by atoms with Gasteiger partial charge in [-0.1, -0.05) is 44.2 Å². The molecule has 2 nitrogen and oxygen atoms in total. The van der Waals surface area contributed by atoms with Crippen molar-refractivity contribution in [1.82, 2.24) is 0 Å². The highest BCUT2D eigenvalue weighted by atomic mass is 32.2. The highest BCUT2D eigenvalue weighted by Crippen LogP contribution is 2.29. The summed E-state index contributed by atoms with van der Waals surface area (Å²) in [6.07, 6.45) is 1.66. The summed E-state index contributed by atoms with van der Waals surface area (Å²) in [7, 11) is 0. The van der Waals surface area contributed by atoms with Gasteiger partial charge < -0.3 is 10.2 Å². The van der Waals surface area contributed by atoms with Crippen molar-refractivity contribution in [3.05, 3.63) is 35.9 Å². The van der Waals surface area contributed by atoms with Crippen LogP contribution in [-0.4, -0.2) is 33.9 Å². The van der Waals surface area contributed by atoms with Crippen LogP contribution in [0.3, 0.4) is 0 Å². The van der Waals surface area contributed by atoms with Gasteiger partial charge in [-0.2, -0.15) is 11.8 Å². The predicted octanol–water partition coefficient (Wildman–Crippen LogP) is 3.05. The molecule has 0 radical (unpaired) electrons. The van der Waals surface area contributed by atoms with Crippen LogP contribution in [0.25, 0.3) is 0 Å². The van der Waals surface area contributed by atoms with Crippen LogP contribution < -0.4 is 0 Å². The molecule has 0 saturated heterocycles. The van der Waals surface area contributed by atoms with Crippen LogP contribution in [0.1, 0.15) is 38.2 Å². The molecule has 18 heavy (non-hydrogen) atoms. The Kier molecular flexibility index (Phi) is 7.40. The van der Waals surface area contributed by atoms with E-state index in [1.807, 2.05) is 6.07 Å². The minimum atomic E-state index is -0.589. The van der Waals surface area contributed by atoms with Crippen LogP contribution >= 0.6 is 11.8 Å². The molecule has 0 aliphatic heterocycles. The normalized spacial score (nSPS) is 16.2. The van der Waals surface area contributed by atoms with Crippen molar-refractivity contribution in [2.45, 2.75) is 44.0 Å². The van der Waals surface area contributed by atoms with E-state index >= 15 is 0 Å². The molecule has 0 bridgehead atoms. The van der Waals surface area contributed by atoms with E-state index < -0.39 is 6.10 Å². The first-order chi connectivity index (χ1) is 8.67. The summed E-state index contributed by atoms with van der Waals surface area (Å²) in [5.74, 6) is 1.20. The summed E-state index contributed by atoms with van der Waals surface area (Å²) in [4.78, 5) is 0. The predicted molar refractivity (Wildman–Crippen MR) is 79.1 cm³/mol. The maximum Gasteiger partial charge on any atom is 0.0861 e. The zero-order chi connectivity index (χ0) is 13.4. The third kappa shape index (κ3) is 5.42. The molecule has 1 aromatic rings. The molecule has 3 unspecified atom stereocenters. The molecule has 3 heteroatoms. The molecule has 0 aliphatic carbocycles. The van der Waals surface area contributed by atoms with Crippen LogP contribution in [0.4, 0.5) is 0 Å². The van der Waals surface area contributed by atoms with E-state index in [2.05, 4.69) is 38.1 Å². The Bertz CT molecular complexity index is 316. The molecule has 3 atom stereocenters. The summed E-state index contributed by atoms with van der Waals surface area (Å²) in [6, 6.07) is 10.6. The molecule has 0 heterocycles. The Morgan fingerprint density at radius 2 is 1.89 bits per heavy atom. The number of hydrogen-bond acceptors (Lipinski definition) is 3. The molecule has 2 N–H and O–H groups in total. The standard InChI is InChI=1S/C15H24O2S/c1-3-13(14-7-5-4-6-8-14)9-12(2)18-11-15(17)10-16/h4-8,12-13,15-17H,3,9-11H2,1-2H3. The van der Waals surface area contributed by atoms with Crippen molar-refractivity contribution in [2.24, 2.45) is 0 Å². The van der Waals surface area contributed by atoms with Gasteiger partial charge in [-0.05, 0) is 24.3 Å². The van der Waals surface area contributed by atoms with Crippen molar-refractivity contribution in [3.8, 4) is 0 Å². The molecule has 0 amide bonds. The van der Waals surface area contributed by atoms with Crippen LogP contribution in [0.2, 0.25) is 0 Å². The first-order valence-corrected chi connectivity index (χ1v) is 7.67. The molecule has 0 aliphatic rings. The molecule has 1 rings (SSSR count). The number of benzene rings is 1. The number of aliphatic hydroxyl groups excluding tert-OH is 2. The quantitative estimate of drug-likeness (QED) is 0.761. The highest BCUT2D eigenvalue weighted by molar-refractivity contribution is 7.99. The lowest BCUT2D eigenvalue weighted by Gasteiger charge is -2.20. The van der Waals surface area contributed by atoms with E-state index in [1.54, 1.807) is 11.8 Å². The summed E-state index contributed by atoms with van der Waals surface area (Å²) >= 11 is 1.74. The maximum atomic E-state index is 9.34. The van der Waals surface area contributed by atoms with E-state index in [-0.39, 0.29) is 6.61 Å². The van der Waals surface area contributed by atoms with Crippen LogP contribution in [0.5, 0.6) is 0 Å². The molecule has 0 aromatic heterocycles.